The number of anilines is 1. The molecule has 0 saturated carbocycles. The maximum absolute atomic E-state index is 10.1. The normalized spacial score (nSPS) is 15.4. The number of nitrogens with zero attached hydrogens (tertiary/aromatic N) is 1. The van der Waals surface area contributed by atoms with Gasteiger partial charge in [0, 0.05) is 17.8 Å². The predicted octanol–water partition coefficient (Wildman–Crippen LogP) is 3.82. The monoisotopic (exact) mass is 253 g/mol. The molecule has 1 atom stereocenters. The van der Waals surface area contributed by atoms with Crippen molar-refractivity contribution in [1.82, 2.24) is 0 Å². The topological polar surface area (TPSA) is 23.5 Å². The largest absolute Gasteiger partial charge is 0.508 e. The zero-order chi connectivity index (χ0) is 13.4. The fourth-order valence-electron chi connectivity index (χ4n) is 2.94. The third-order valence-corrected chi connectivity index (χ3v) is 4.03. The first-order valence-electron chi connectivity index (χ1n) is 6.81. The van der Waals surface area contributed by atoms with E-state index in [4.69, 9.17) is 0 Å². The van der Waals surface area contributed by atoms with Crippen molar-refractivity contribution >= 4 is 5.69 Å². The van der Waals surface area contributed by atoms with Gasteiger partial charge in [0.2, 0.25) is 0 Å². The molecule has 0 bridgehead atoms. The highest BCUT2D eigenvalue weighted by Crippen LogP contribution is 2.37. The Labute approximate surface area is 114 Å². The molecule has 0 aliphatic carbocycles. The molecule has 0 radical (unpaired) electrons. The molecule has 1 heterocycles. The molecule has 19 heavy (non-hydrogen) atoms. The number of aryl methyl sites for hydroxylation is 1. The second-order valence-electron chi connectivity index (χ2n) is 5.31. The van der Waals surface area contributed by atoms with Gasteiger partial charge in [0.1, 0.15) is 5.75 Å². The maximum atomic E-state index is 10.1. The molecule has 0 spiro atoms. The van der Waals surface area contributed by atoms with Crippen LogP contribution in [-0.2, 0) is 6.42 Å². The number of rotatable bonds is 2. The standard InChI is InChI=1S/C17H19NO/c1-12-7-8-15(17(19)11-12)13(2)18-10-9-14-5-3-4-6-16(14)18/h3-8,11,13,19H,9-10H2,1-2H3. The summed E-state index contributed by atoms with van der Waals surface area (Å²) in [6.07, 6.45) is 1.09. The zero-order valence-corrected chi connectivity index (χ0v) is 11.4. The summed E-state index contributed by atoms with van der Waals surface area (Å²) in [5.74, 6) is 0.400. The van der Waals surface area contributed by atoms with Crippen molar-refractivity contribution in [2.24, 2.45) is 0 Å². The molecule has 3 rings (SSSR count). The van der Waals surface area contributed by atoms with Crippen LogP contribution in [0.15, 0.2) is 42.5 Å². The van der Waals surface area contributed by atoms with Crippen molar-refractivity contribution in [3.05, 3.63) is 59.2 Å². The van der Waals surface area contributed by atoms with Crippen LogP contribution in [-0.4, -0.2) is 11.7 Å². The van der Waals surface area contributed by atoms with Gasteiger partial charge >= 0.3 is 0 Å². The average molecular weight is 253 g/mol. The summed E-state index contributed by atoms with van der Waals surface area (Å²) < 4.78 is 0. The molecule has 1 aliphatic rings. The Kier molecular flexibility index (Phi) is 2.94. The van der Waals surface area contributed by atoms with Crippen molar-refractivity contribution in [1.29, 1.82) is 0 Å². The van der Waals surface area contributed by atoms with Crippen molar-refractivity contribution in [3.8, 4) is 5.75 Å². The Morgan fingerprint density at radius 2 is 1.95 bits per heavy atom. The number of benzene rings is 2. The smallest absolute Gasteiger partial charge is 0.121 e. The quantitative estimate of drug-likeness (QED) is 0.879. The first kappa shape index (κ1) is 12.1. The molecule has 0 saturated heterocycles. The summed E-state index contributed by atoms with van der Waals surface area (Å²) in [4.78, 5) is 2.37. The Hall–Kier alpha value is -1.96. The van der Waals surface area contributed by atoms with Crippen LogP contribution >= 0.6 is 0 Å². The summed E-state index contributed by atoms with van der Waals surface area (Å²) in [7, 11) is 0. The van der Waals surface area contributed by atoms with Gasteiger partial charge in [-0.25, -0.2) is 0 Å². The first-order chi connectivity index (χ1) is 9.16. The molecule has 98 valence electrons. The molecule has 2 aromatic carbocycles. The van der Waals surface area contributed by atoms with E-state index in [1.165, 1.54) is 11.3 Å². The van der Waals surface area contributed by atoms with Gasteiger partial charge in [0.25, 0.3) is 0 Å². The van der Waals surface area contributed by atoms with Crippen molar-refractivity contribution in [3.63, 3.8) is 0 Å². The predicted molar refractivity (Wildman–Crippen MR) is 78.8 cm³/mol. The summed E-state index contributed by atoms with van der Waals surface area (Å²) in [5.41, 5.74) is 4.80. The fourth-order valence-corrected chi connectivity index (χ4v) is 2.94. The highest BCUT2D eigenvalue weighted by atomic mass is 16.3. The lowest BCUT2D eigenvalue weighted by molar-refractivity contribution is 0.461. The molecular weight excluding hydrogens is 234 g/mol. The van der Waals surface area contributed by atoms with Crippen LogP contribution < -0.4 is 4.90 Å². The molecule has 0 aromatic heterocycles. The van der Waals surface area contributed by atoms with Crippen LogP contribution in [0.1, 0.15) is 29.7 Å². The van der Waals surface area contributed by atoms with Crippen LogP contribution in [0.25, 0.3) is 0 Å². The lowest BCUT2D eigenvalue weighted by Crippen LogP contribution is -2.24. The maximum Gasteiger partial charge on any atom is 0.121 e. The number of phenolic OH excluding ortho intramolecular Hbond substituents is 1. The highest BCUT2D eigenvalue weighted by Gasteiger charge is 2.25. The van der Waals surface area contributed by atoms with E-state index >= 15 is 0 Å². The molecule has 0 amide bonds. The van der Waals surface area contributed by atoms with Crippen molar-refractivity contribution in [2.45, 2.75) is 26.3 Å². The Balaban J connectivity index is 1.95. The summed E-state index contributed by atoms with van der Waals surface area (Å²) >= 11 is 0. The van der Waals surface area contributed by atoms with E-state index in [0.29, 0.717) is 5.75 Å². The molecule has 0 fully saturated rings. The third kappa shape index (κ3) is 2.07. The Morgan fingerprint density at radius 1 is 1.16 bits per heavy atom. The Morgan fingerprint density at radius 3 is 2.74 bits per heavy atom. The molecular formula is C17H19NO. The van der Waals surface area contributed by atoms with Crippen LogP contribution in [0, 0.1) is 6.92 Å². The van der Waals surface area contributed by atoms with E-state index in [-0.39, 0.29) is 6.04 Å². The summed E-state index contributed by atoms with van der Waals surface area (Å²) in [6, 6.07) is 14.7. The zero-order valence-electron chi connectivity index (χ0n) is 11.4. The molecule has 2 nitrogen and oxygen atoms in total. The van der Waals surface area contributed by atoms with E-state index < -0.39 is 0 Å². The number of fused-ring (bicyclic) bond motifs is 1. The van der Waals surface area contributed by atoms with Gasteiger partial charge in [-0.1, -0.05) is 30.3 Å². The minimum absolute atomic E-state index is 0.198. The van der Waals surface area contributed by atoms with Gasteiger partial charge in [0.05, 0.1) is 6.04 Å². The molecule has 2 aromatic rings. The van der Waals surface area contributed by atoms with E-state index in [9.17, 15) is 5.11 Å². The van der Waals surface area contributed by atoms with Crippen molar-refractivity contribution in [2.75, 3.05) is 11.4 Å². The lowest BCUT2D eigenvalue weighted by atomic mass is 10.0. The average Bonchev–Trinajstić information content (AvgIpc) is 2.82. The number of hydrogen-bond donors (Lipinski definition) is 1. The minimum atomic E-state index is 0.198. The SMILES string of the molecule is Cc1ccc(C(C)N2CCc3ccccc32)c(O)c1. The van der Waals surface area contributed by atoms with Gasteiger partial charge in [-0.2, -0.15) is 0 Å². The second kappa shape index (κ2) is 4.61. The first-order valence-corrected chi connectivity index (χ1v) is 6.81. The highest BCUT2D eigenvalue weighted by molar-refractivity contribution is 5.60. The molecule has 2 heteroatoms. The van der Waals surface area contributed by atoms with Gasteiger partial charge in [-0.3, -0.25) is 0 Å². The van der Waals surface area contributed by atoms with Gasteiger partial charge in [-0.05, 0) is 43.5 Å². The van der Waals surface area contributed by atoms with E-state index in [1.54, 1.807) is 0 Å². The number of aromatic hydroxyl groups is 1. The van der Waals surface area contributed by atoms with E-state index in [1.807, 2.05) is 19.1 Å². The lowest BCUT2D eigenvalue weighted by Gasteiger charge is -2.28. The van der Waals surface area contributed by atoms with Crippen LogP contribution in [0.4, 0.5) is 5.69 Å². The number of para-hydroxylation sites is 1. The van der Waals surface area contributed by atoms with Crippen LogP contribution in [0.5, 0.6) is 5.75 Å². The minimum Gasteiger partial charge on any atom is -0.508 e. The van der Waals surface area contributed by atoms with Gasteiger partial charge in [0.15, 0.2) is 0 Å². The summed E-state index contributed by atoms with van der Waals surface area (Å²) in [5, 5.41) is 10.1. The molecule has 1 N–H and O–H groups in total. The third-order valence-electron chi connectivity index (χ3n) is 4.03. The Bertz CT molecular complexity index is 606. The van der Waals surface area contributed by atoms with Gasteiger partial charge < -0.3 is 10.0 Å². The molecule has 1 unspecified atom stereocenters. The van der Waals surface area contributed by atoms with Crippen LogP contribution in [0.2, 0.25) is 0 Å². The van der Waals surface area contributed by atoms with Crippen LogP contribution in [0.3, 0.4) is 0 Å². The van der Waals surface area contributed by atoms with Crippen molar-refractivity contribution < 1.29 is 5.11 Å². The van der Waals surface area contributed by atoms with Gasteiger partial charge in [-0.15, -0.1) is 0 Å². The summed E-state index contributed by atoms with van der Waals surface area (Å²) in [6.45, 7) is 5.18. The van der Waals surface area contributed by atoms with E-state index in [0.717, 1.165) is 24.1 Å². The number of phenols is 1. The van der Waals surface area contributed by atoms with E-state index in [2.05, 4.69) is 42.2 Å². The second-order valence-corrected chi connectivity index (χ2v) is 5.31. The number of hydrogen-bond acceptors (Lipinski definition) is 2. The fraction of sp³-hybridized carbons (Fsp3) is 0.294. The molecule has 1 aliphatic heterocycles.